The van der Waals surface area contributed by atoms with Gasteiger partial charge in [0.2, 0.25) is 0 Å². The molecule has 0 aliphatic carbocycles. The number of carbonyl (C=O) groups is 1. The van der Waals surface area contributed by atoms with E-state index in [1.54, 1.807) is 18.5 Å². The Morgan fingerprint density at radius 2 is 2.06 bits per heavy atom. The summed E-state index contributed by atoms with van der Waals surface area (Å²) >= 11 is 0. The Balaban J connectivity index is 1.13. The lowest BCUT2D eigenvalue weighted by Crippen LogP contribution is -2.67. The third-order valence-electron chi connectivity index (χ3n) is 6.87. The molecule has 2 N–H and O–H groups in total. The summed E-state index contributed by atoms with van der Waals surface area (Å²) in [5, 5.41) is 6.53. The first-order valence-corrected chi connectivity index (χ1v) is 11.4. The highest BCUT2D eigenvalue weighted by atomic mass is 16.5. The smallest absolute Gasteiger partial charge is 0.256 e. The van der Waals surface area contributed by atoms with Crippen LogP contribution in [0.3, 0.4) is 0 Å². The molecule has 9 heteroatoms. The first-order chi connectivity index (χ1) is 15.7. The number of rotatable bonds is 5. The van der Waals surface area contributed by atoms with Crippen molar-refractivity contribution in [2.45, 2.75) is 43.6 Å². The normalized spacial score (nSPS) is 24.8. The van der Waals surface area contributed by atoms with Crippen molar-refractivity contribution in [3.63, 3.8) is 0 Å². The fourth-order valence-corrected chi connectivity index (χ4v) is 5.31. The van der Waals surface area contributed by atoms with Gasteiger partial charge in [-0.1, -0.05) is 18.2 Å². The van der Waals surface area contributed by atoms with Gasteiger partial charge in [-0.15, -0.1) is 0 Å². The molecule has 1 aromatic carbocycles. The Kier molecular flexibility index (Phi) is 4.89. The quantitative estimate of drug-likeness (QED) is 0.637. The number of anilines is 1. The molecule has 3 aliphatic heterocycles. The second-order valence-electron chi connectivity index (χ2n) is 9.14. The van der Waals surface area contributed by atoms with Crippen molar-refractivity contribution in [1.29, 1.82) is 0 Å². The minimum atomic E-state index is -0.221. The van der Waals surface area contributed by atoms with Gasteiger partial charge in [0.1, 0.15) is 12.6 Å². The van der Waals surface area contributed by atoms with Gasteiger partial charge in [0.05, 0.1) is 12.4 Å². The lowest BCUT2D eigenvalue weighted by atomic mass is 9.88. The van der Waals surface area contributed by atoms with Crippen molar-refractivity contribution in [2.24, 2.45) is 0 Å². The molecule has 2 atom stereocenters. The van der Waals surface area contributed by atoms with E-state index in [-0.39, 0.29) is 18.2 Å². The molecule has 3 fully saturated rings. The minimum absolute atomic E-state index is 0.0996. The van der Waals surface area contributed by atoms with Crippen LogP contribution in [-0.2, 0) is 4.74 Å². The van der Waals surface area contributed by atoms with Crippen LogP contribution >= 0.6 is 0 Å². The summed E-state index contributed by atoms with van der Waals surface area (Å²) in [5.41, 5.74) is 2.19. The van der Waals surface area contributed by atoms with Gasteiger partial charge in [0, 0.05) is 30.7 Å². The molecule has 9 nitrogen and oxygen atoms in total. The summed E-state index contributed by atoms with van der Waals surface area (Å²) in [7, 11) is 0. The molecule has 3 saturated heterocycles. The zero-order chi connectivity index (χ0) is 21.5. The molecule has 1 spiro atoms. The van der Waals surface area contributed by atoms with Gasteiger partial charge in [0.25, 0.3) is 5.91 Å². The molecule has 1 amide bonds. The molecule has 0 bridgehead atoms. The second kappa shape index (κ2) is 7.91. The van der Waals surface area contributed by atoms with Gasteiger partial charge in [-0.2, -0.15) is 0 Å². The van der Waals surface area contributed by atoms with Crippen molar-refractivity contribution in [2.75, 3.05) is 31.5 Å². The van der Waals surface area contributed by atoms with Crippen molar-refractivity contribution in [1.82, 2.24) is 29.7 Å². The van der Waals surface area contributed by atoms with Crippen LogP contribution in [0.1, 0.15) is 42.3 Å². The largest absolute Gasteiger partial charge is 0.353 e. The van der Waals surface area contributed by atoms with Crippen LogP contribution in [-0.4, -0.2) is 68.1 Å². The van der Waals surface area contributed by atoms with E-state index in [0.29, 0.717) is 28.1 Å². The summed E-state index contributed by atoms with van der Waals surface area (Å²) in [6.07, 6.45) is 7.84. The van der Waals surface area contributed by atoms with Crippen molar-refractivity contribution in [3.8, 4) is 0 Å². The Bertz CT molecular complexity index is 1120. The van der Waals surface area contributed by atoms with E-state index in [0.717, 1.165) is 39.0 Å². The van der Waals surface area contributed by atoms with Gasteiger partial charge in [-0.3, -0.25) is 14.3 Å². The van der Waals surface area contributed by atoms with E-state index in [1.165, 1.54) is 19.2 Å². The van der Waals surface area contributed by atoms with Gasteiger partial charge >= 0.3 is 0 Å². The Labute approximate surface area is 186 Å². The summed E-state index contributed by atoms with van der Waals surface area (Å²) < 4.78 is 8.34. The molecule has 6 rings (SSSR count). The first kappa shape index (κ1) is 19.8. The molecule has 0 radical (unpaired) electrons. The van der Waals surface area contributed by atoms with Crippen LogP contribution in [0.2, 0.25) is 0 Å². The van der Waals surface area contributed by atoms with Crippen LogP contribution in [0.4, 0.5) is 5.82 Å². The Morgan fingerprint density at radius 1 is 1.19 bits per heavy atom. The molecule has 3 aromatic rings. The second-order valence-corrected chi connectivity index (χ2v) is 9.14. The van der Waals surface area contributed by atoms with Gasteiger partial charge in [0.15, 0.2) is 17.0 Å². The number of carbonyl (C=O) groups excluding carboxylic acids is 1. The Morgan fingerprint density at radius 3 is 2.88 bits per heavy atom. The third kappa shape index (κ3) is 3.56. The highest BCUT2D eigenvalue weighted by Gasteiger charge is 2.45. The van der Waals surface area contributed by atoms with Crippen LogP contribution in [0, 0.1) is 0 Å². The summed E-state index contributed by atoms with van der Waals surface area (Å²) in [5.74, 6) is 0.188. The number of hydrogen-bond acceptors (Lipinski definition) is 7. The minimum Gasteiger partial charge on any atom is -0.353 e. The molecular formula is C23H27N7O2. The molecule has 2 aromatic heterocycles. The number of imidazole rings is 1. The summed E-state index contributed by atoms with van der Waals surface area (Å²) in [4.78, 5) is 28.2. The number of nitrogens with zero attached hydrogens (tertiary/aromatic N) is 5. The monoisotopic (exact) mass is 433 g/mol. The highest BCUT2D eigenvalue weighted by Crippen LogP contribution is 2.35. The third-order valence-corrected chi connectivity index (χ3v) is 6.87. The van der Waals surface area contributed by atoms with Crippen molar-refractivity contribution < 1.29 is 9.53 Å². The molecule has 5 heterocycles. The van der Waals surface area contributed by atoms with Crippen molar-refractivity contribution >= 4 is 22.9 Å². The number of ether oxygens (including phenoxy) is 1. The Hall–Kier alpha value is -2.88. The predicted octanol–water partition coefficient (Wildman–Crippen LogP) is 2.19. The number of nitrogens with one attached hydrogen (secondary N) is 2. The topological polar surface area (TPSA) is 97.2 Å². The first-order valence-electron chi connectivity index (χ1n) is 11.4. The average molecular weight is 434 g/mol. The van der Waals surface area contributed by atoms with E-state index in [1.807, 2.05) is 22.8 Å². The molecule has 0 saturated carbocycles. The van der Waals surface area contributed by atoms with E-state index in [2.05, 4.69) is 30.5 Å². The van der Waals surface area contributed by atoms with E-state index in [9.17, 15) is 4.79 Å². The maximum atomic E-state index is 12.6. The van der Waals surface area contributed by atoms with Crippen LogP contribution in [0.15, 0.2) is 43.0 Å². The molecular weight excluding hydrogens is 406 g/mol. The fraction of sp³-hybridized carbons (Fsp3) is 0.478. The van der Waals surface area contributed by atoms with E-state index in [4.69, 9.17) is 4.74 Å². The maximum Gasteiger partial charge on any atom is 0.256 e. The van der Waals surface area contributed by atoms with Gasteiger partial charge < -0.3 is 15.4 Å². The number of aromatic nitrogens is 4. The van der Waals surface area contributed by atoms with Gasteiger partial charge in [-0.25, -0.2) is 15.0 Å². The number of fused-ring (bicyclic) bond motifs is 1. The predicted molar refractivity (Wildman–Crippen MR) is 119 cm³/mol. The number of hydrogen-bond donors (Lipinski definition) is 2. The molecule has 2 unspecified atom stereocenters. The summed E-state index contributed by atoms with van der Waals surface area (Å²) in [6, 6.07) is 9.07. The molecule has 3 aliphatic rings. The SMILES string of the molecule is O=C(Nc1ncnc2c1ncn2C1CCC(CN2CC3(CCCN3)C2)O1)c1ccccc1. The number of likely N-dealkylation sites (tertiary alicyclic amines) is 1. The average Bonchev–Trinajstić information content (AvgIpc) is 3.54. The lowest BCUT2D eigenvalue weighted by molar-refractivity contribution is -0.0390. The zero-order valence-electron chi connectivity index (χ0n) is 17.9. The highest BCUT2D eigenvalue weighted by molar-refractivity contribution is 6.06. The number of benzene rings is 1. The molecule has 166 valence electrons. The zero-order valence-corrected chi connectivity index (χ0v) is 17.9. The van der Waals surface area contributed by atoms with Gasteiger partial charge in [-0.05, 0) is 44.4 Å². The van der Waals surface area contributed by atoms with Crippen molar-refractivity contribution in [3.05, 3.63) is 48.5 Å². The standard InChI is InChI=1S/C23H27N7O2/c31-22(16-5-2-1-3-6-16)28-20-19-21(25-14-24-20)30(15-26-19)18-8-7-17(32-18)11-29-12-23(13-29)9-4-10-27-23/h1-3,5-6,14-15,17-18,27H,4,7-13H2,(H,24,25,28,31). The number of amides is 1. The van der Waals surface area contributed by atoms with Crippen LogP contribution in [0.25, 0.3) is 11.2 Å². The van der Waals surface area contributed by atoms with E-state index < -0.39 is 0 Å². The fourth-order valence-electron chi connectivity index (χ4n) is 5.31. The maximum absolute atomic E-state index is 12.6. The van der Waals surface area contributed by atoms with E-state index >= 15 is 0 Å². The summed E-state index contributed by atoms with van der Waals surface area (Å²) in [6.45, 7) is 4.38. The molecule has 32 heavy (non-hydrogen) atoms. The lowest BCUT2D eigenvalue weighted by Gasteiger charge is -2.49. The van der Waals surface area contributed by atoms with Crippen LogP contribution in [0.5, 0.6) is 0 Å². The van der Waals surface area contributed by atoms with Crippen LogP contribution < -0.4 is 10.6 Å².